The second kappa shape index (κ2) is 11.4. The van der Waals surface area contributed by atoms with Gasteiger partial charge in [0.05, 0.1) is 13.2 Å². The molecule has 2 aromatic rings. The van der Waals surface area contributed by atoms with Crippen molar-refractivity contribution < 1.29 is 14.3 Å². The van der Waals surface area contributed by atoms with Gasteiger partial charge in [0.25, 0.3) is 0 Å². The van der Waals surface area contributed by atoms with Crippen molar-refractivity contribution in [3.05, 3.63) is 34.8 Å². The van der Waals surface area contributed by atoms with Gasteiger partial charge in [-0.15, -0.1) is 10.2 Å². The molecule has 2 fully saturated rings. The average molecular weight is 446 g/mol. The van der Waals surface area contributed by atoms with Crippen LogP contribution in [-0.2, 0) is 11.3 Å². The molecule has 0 unspecified atom stereocenters. The summed E-state index contributed by atoms with van der Waals surface area (Å²) in [5, 5.41) is 15.7. The molecule has 4 rings (SSSR count). The van der Waals surface area contributed by atoms with Crippen LogP contribution in [-0.4, -0.2) is 60.6 Å². The van der Waals surface area contributed by atoms with Crippen molar-refractivity contribution in [1.82, 2.24) is 20.4 Å². The molecule has 2 amide bonds. The number of carbonyl (C=O) groups is 1. The molecule has 31 heavy (non-hydrogen) atoms. The summed E-state index contributed by atoms with van der Waals surface area (Å²) in [4.78, 5) is 14.6. The Morgan fingerprint density at radius 2 is 2.03 bits per heavy atom. The van der Waals surface area contributed by atoms with Crippen LogP contribution in [0, 0.1) is 0 Å². The number of nitrogens with one attached hydrogen (secondary N) is 2. The molecule has 2 aliphatic rings. The summed E-state index contributed by atoms with van der Waals surface area (Å²) >= 11 is 1.49. The third-order valence-corrected chi connectivity index (χ3v) is 6.75. The van der Waals surface area contributed by atoms with E-state index in [2.05, 4.69) is 25.7 Å². The summed E-state index contributed by atoms with van der Waals surface area (Å²) < 4.78 is 11.2. The number of hydrogen-bond donors (Lipinski definition) is 2. The summed E-state index contributed by atoms with van der Waals surface area (Å²) in [7, 11) is 0. The second-order valence-corrected chi connectivity index (χ2v) is 9.05. The van der Waals surface area contributed by atoms with Crippen LogP contribution in [0.4, 0.5) is 9.93 Å². The zero-order valence-electron chi connectivity index (χ0n) is 17.8. The summed E-state index contributed by atoms with van der Waals surface area (Å²) in [5.74, 6) is 1.31. The number of rotatable bonds is 8. The van der Waals surface area contributed by atoms with Crippen molar-refractivity contribution in [2.75, 3.05) is 44.8 Å². The number of nitrogens with zero attached hydrogens (tertiary/aromatic N) is 3. The van der Waals surface area contributed by atoms with Crippen molar-refractivity contribution in [3.8, 4) is 5.75 Å². The maximum atomic E-state index is 12.3. The highest BCUT2D eigenvalue weighted by Crippen LogP contribution is 2.35. The monoisotopic (exact) mass is 445 g/mol. The molecule has 9 heteroatoms. The van der Waals surface area contributed by atoms with E-state index in [4.69, 9.17) is 9.47 Å². The Morgan fingerprint density at radius 3 is 2.87 bits per heavy atom. The highest BCUT2D eigenvalue weighted by Gasteiger charge is 2.20. The SMILES string of the molecule is O=C(NCc1cccc(OCCN2CCOCC2)c1)Nc1nnc(C2CCCCC2)s1. The molecule has 1 aromatic heterocycles. The van der Waals surface area contributed by atoms with E-state index in [9.17, 15) is 4.79 Å². The third-order valence-electron chi connectivity index (χ3n) is 5.75. The first-order valence-corrected chi connectivity index (χ1v) is 12.0. The number of carbonyl (C=O) groups excluding carboxylic acids is 1. The Kier molecular flexibility index (Phi) is 8.09. The molecule has 8 nitrogen and oxygen atoms in total. The van der Waals surface area contributed by atoms with Gasteiger partial charge < -0.3 is 14.8 Å². The molecule has 2 heterocycles. The Bertz CT molecular complexity index is 834. The van der Waals surface area contributed by atoms with E-state index < -0.39 is 0 Å². The van der Waals surface area contributed by atoms with Crippen LogP contribution in [0.15, 0.2) is 24.3 Å². The zero-order valence-corrected chi connectivity index (χ0v) is 18.7. The fraction of sp³-hybridized carbons (Fsp3) is 0.591. The minimum atomic E-state index is -0.273. The van der Waals surface area contributed by atoms with Gasteiger partial charge in [0.1, 0.15) is 17.4 Å². The minimum absolute atomic E-state index is 0.273. The molecule has 0 spiro atoms. The second-order valence-electron chi connectivity index (χ2n) is 8.04. The van der Waals surface area contributed by atoms with Crippen LogP contribution in [0.1, 0.15) is 48.6 Å². The third kappa shape index (κ3) is 6.88. The largest absolute Gasteiger partial charge is 0.492 e. The van der Waals surface area contributed by atoms with Crippen LogP contribution in [0.3, 0.4) is 0 Å². The lowest BCUT2D eigenvalue weighted by molar-refractivity contribution is 0.0322. The van der Waals surface area contributed by atoms with Crippen molar-refractivity contribution in [3.63, 3.8) is 0 Å². The first kappa shape index (κ1) is 22.0. The average Bonchev–Trinajstić information content (AvgIpc) is 3.28. The van der Waals surface area contributed by atoms with Gasteiger partial charge >= 0.3 is 6.03 Å². The first-order chi connectivity index (χ1) is 15.3. The summed E-state index contributed by atoms with van der Waals surface area (Å²) in [6.45, 7) is 5.44. The fourth-order valence-corrected chi connectivity index (χ4v) is 4.89. The molecule has 1 aromatic carbocycles. The first-order valence-electron chi connectivity index (χ1n) is 11.2. The zero-order chi connectivity index (χ0) is 21.3. The molecular formula is C22H31N5O3S. The van der Waals surface area contributed by atoms with E-state index in [0.29, 0.717) is 24.2 Å². The number of ether oxygens (including phenoxy) is 2. The van der Waals surface area contributed by atoms with Gasteiger partial charge in [-0.25, -0.2) is 4.79 Å². The molecule has 1 saturated carbocycles. The summed E-state index contributed by atoms with van der Waals surface area (Å²) in [5.41, 5.74) is 0.985. The van der Waals surface area contributed by atoms with Crippen LogP contribution >= 0.6 is 11.3 Å². The lowest BCUT2D eigenvalue weighted by atomic mass is 9.90. The predicted molar refractivity (Wildman–Crippen MR) is 121 cm³/mol. The number of hydrogen-bond acceptors (Lipinski definition) is 7. The number of benzene rings is 1. The van der Waals surface area contributed by atoms with Crippen molar-refractivity contribution in [2.24, 2.45) is 0 Å². The van der Waals surface area contributed by atoms with Gasteiger partial charge in [-0.3, -0.25) is 10.2 Å². The minimum Gasteiger partial charge on any atom is -0.492 e. The standard InChI is InChI=1S/C22H31N5O3S/c28-21(24-22-26-25-20(31-22)18-6-2-1-3-7-18)23-16-17-5-4-8-19(15-17)30-14-11-27-9-12-29-13-10-27/h4-5,8,15,18H,1-3,6-7,9-14,16H2,(H2,23,24,26,28). The molecule has 1 aliphatic heterocycles. The summed E-state index contributed by atoms with van der Waals surface area (Å²) in [6, 6.07) is 7.55. The molecule has 0 atom stereocenters. The Hall–Kier alpha value is -2.23. The molecule has 0 radical (unpaired) electrons. The van der Waals surface area contributed by atoms with E-state index in [1.807, 2.05) is 24.3 Å². The maximum absolute atomic E-state index is 12.3. The molecule has 1 aliphatic carbocycles. The maximum Gasteiger partial charge on any atom is 0.321 e. The van der Waals surface area contributed by atoms with E-state index >= 15 is 0 Å². The van der Waals surface area contributed by atoms with Gasteiger partial charge in [-0.1, -0.05) is 42.7 Å². The van der Waals surface area contributed by atoms with Gasteiger partial charge in [-0.2, -0.15) is 0 Å². The van der Waals surface area contributed by atoms with Gasteiger partial charge in [0.15, 0.2) is 0 Å². The molecular weight excluding hydrogens is 414 g/mol. The molecule has 1 saturated heterocycles. The topological polar surface area (TPSA) is 88.6 Å². The number of urea groups is 1. The van der Waals surface area contributed by atoms with Gasteiger partial charge in [-0.05, 0) is 30.5 Å². The van der Waals surface area contributed by atoms with E-state index in [1.54, 1.807) is 0 Å². The van der Waals surface area contributed by atoms with E-state index in [0.717, 1.165) is 49.2 Å². The molecule has 168 valence electrons. The predicted octanol–water partition coefficient (Wildman–Crippen LogP) is 3.62. The highest BCUT2D eigenvalue weighted by atomic mass is 32.1. The molecule has 2 N–H and O–H groups in total. The normalized spacial score (nSPS) is 17.9. The van der Waals surface area contributed by atoms with Crippen molar-refractivity contribution >= 4 is 22.5 Å². The van der Waals surface area contributed by atoms with Crippen LogP contribution in [0.5, 0.6) is 5.75 Å². The lowest BCUT2D eigenvalue weighted by Crippen LogP contribution is -2.38. The van der Waals surface area contributed by atoms with Crippen molar-refractivity contribution in [1.29, 1.82) is 0 Å². The van der Waals surface area contributed by atoms with Crippen molar-refractivity contribution in [2.45, 2.75) is 44.6 Å². The van der Waals surface area contributed by atoms with Gasteiger partial charge in [0, 0.05) is 32.1 Å². The van der Waals surface area contributed by atoms with Crippen LogP contribution in [0.25, 0.3) is 0 Å². The van der Waals surface area contributed by atoms with Gasteiger partial charge in [0.2, 0.25) is 5.13 Å². The molecule has 0 bridgehead atoms. The van der Waals surface area contributed by atoms with Crippen LogP contribution < -0.4 is 15.4 Å². The fourth-order valence-electron chi connectivity index (χ4n) is 3.99. The number of anilines is 1. The Labute approximate surface area is 187 Å². The highest BCUT2D eigenvalue weighted by molar-refractivity contribution is 7.15. The smallest absolute Gasteiger partial charge is 0.321 e. The number of morpholine rings is 1. The van der Waals surface area contributed by atoms with E-state index in [-0.39, 0.29) is 6.03 Å². The number of amides is 2. The Morgan fingerprint density at radius 1 is 1.19 bits per heavy atom. The Balaban J connectivity index is 1.19. The van der Waals surface area contributed by atoms with Crippen LogP contribution in [0.2, 0.25) is 0 Å². The number of aromatic nitrogens is 2. The quantitative estimate of drug-likeness (QED) is 0.645. The van der Waals surface area contributed by atoms with E-state index in [1.165, 1.54) is 43.4 Å². The lowest BCUT2D eigenvalue weighted by Gasteiger charge is -2.26. The summed E-state index contributed by atoms with van der Waals surface area (Å²) in [6.07, 6.45) is 6.16.